The lowest BCUT2D eigenvalue weighted by atomic mass is 10.2. The number of aromatic nitrogens is 1. The van der Waals surface area contributed by atoms with Crippen LogP contribution in [0, 0.1) is 0 Å². The van der Waals surface area contributed by atoms with Gasteiger partial charge in [0.05, 0.1) is 11.7 Å². The standard InChI is InChI=1S/C10H13ClN2O3/c1-6(16-2)5-12-9-4-7(10(14)15)3-8(11)13-9/h3-4,6H,5H2,1-2H3,(H,12,13)(H,14,15). The molecule has 16 heavy (non-hydrogen) atoms. The molecule has 1 heterocycles. The van der Waals surface area contributed by atoms with E-state index in [9.17, 15) is 4.79 Å². The van der Waals surface area contributed by atoms with Crippen molar-refractivity contribution < 1.29 is 14.6 Å². The fourth-order valence-corrected chi connectivity index (χ4v) is 1.25. The van der Waals surface area contributed by atoms with Crippen LogP contribution in [0.25, 0.3) is 0 Å². The molecule has 0 spiro atoms. The van der Waals surface area contributed by atoms with Crippen LogP contribution in [0.3, 0.4) is 0 Å². The van der Waals surface area contributed by atoms with Gasteiger partial charge in [0.25, 0.3) is 0 Å². The maximum Gasteiger partial charge on any atom is 0.335 e. The van der Waals surface area contributed by atoms with Crippen molar-refractivity contribution in [1.29, 1.82) is 0 Å². The Bertz CT molecular complexity index is 384. The molecular weight excluding hydrogens is 232 g/mol. The first-order valence-corrected chi connectivity index (χ1v) is 5.08. The Balaban J connectivity index is 2.76. The summed E-state index contributed by atoms with van der Waals surface area (Å²) in [7, 11) is 1.60. The Labute approximate surface area is 98.4 Å². The molecule has 5 nitrogen and oxygen atoms in total. The predicted molar refractivity (Wildman–Crippen MR) is 61.2 cm³/mol. The van der Waals surface area contributed by atoms with Crippen LogP contribution in [0.1, 0.15) is 17.3 Å². The molecule has 0 bridgehead atoms. The van der Waals surface area contributed by atoms with E-state index in [2.05, 4.69) is 10.3 Å². The molecule has 2 N–H and O–H groups in total. The SMILES string of the molecule is COC(C)CNc1cc(C(=O)O)cc(Cl)n1. The van der Waals surface area contributed by atoms with E-state index in [0.717, 1.165) is 0 Å². The normalized spacial score (nSPS) is 12.2. The van der Waals surface area contributed by atoms with E-state index in [0.29, 0.717) is 12.4 Å². The van der Waals surface area contributed by atoms with E-state index in [4.69, 9.17) is 21.4 Å². The fourth-order valence-electron chi connectivity index (χ4n) is 1.04. The summed E-state index contributed by atoms with van der Waals surface area (Å²) >= 11 is 5.70. The minimum absolute atomic E-state index is 0.00839. The van der Waals surface area contributed by atoms with Crippen LogP contribution in [0.15, 0.2) is 12.1 Å². The second kappa shape index (κ2) is 5.67. The molecule has 0 radical (unpaired) electrons. The van der Waals surface area contributed by atoms with Gasteiger partial charge in [-0.05, 0) is 19.1 Å². The summed E-state index contributed by atoms with van der Waals surface area (Å²) in [5, 5.41) is 11.9. The number of methoxy groups -OCH3 is 1. The third-order valence-corrected chi connectivity index (χ3v) is 2.21. The molecular formula is C10H13ClN2O3. The van der Waals surface area contributed by atoms with E-state index in [1.807, 2.05) is 6.92 Å². The zero-order valence-electron chi connectivity index (χ0n) is 9.03. The number of rotatable bonds is 5. The summed E-state index contributed by atoms with van der Waals surface area (Å²) in [6.07, 6.45) is 0.00839. The fraction of sp³-hybridized carbons (Fsp3) is 0.400. The second-order valence-electron chi connectivity index (χ2n) is 3.30. The minimum atomic E-state index is -1.04. The number of anilines is 1. The number of ether oxygens (including phenoxy) is 1. The van der Waals surface area contributed by atoms with Crippen LogP contribution in [0.5, 0.6) is 0 Å². The molecule has 1 rings (SSSR count). The molecule has 1 atom stereocenters. The molecule has 1 aromatic rings. The highest BCUT2D eigenvalue weighted by atomic mass is 35.5. The number of pyridine rings is 1. The average Bonchev–Trinajstić information content (AvgIpc) is 2.25. The molecule has 6 heteroatoms. The lowest BCUT2D eigenvalue weighted by Crippen LogP contribution is -2.18. The first-order valence-electron chi connectivity index (χ1n) is 4.70. The Morgan fingerprint density at radius 2 is 2.38 bits per heavy atom. The van der Waals surface area contributed by atoms with Crippen LogP contribution < -0.4 is 5.32 Å². The van der Waals surface area contributed by atoms with E-state index in [1.165, 1.54) is 12.1 Å². The quantitative estimate of drug-likeness (QED) is 0.774. The van der Waals surface area contributed by atoms with E-state index < -0.39 is 5.97 Å². The Morgan fingerprint density at radius 3 is 2.94 bits per heavy atom. The highest BCUT2D eigenvalue weighted by Gasteiger charge is 2.08. The molecule has 0 aromatic carbocycles. The van der Waals surface area contributed by atoms with Crippen molar-refractivity contribution in [1.82, 2.24) is 4.98 Å². The van der Waals surface area contributed by atoms with Crippen LogP contribution in [-0.2, 0) is 4.74 Å². The van der Waals surface area contributed by atoms with Gasteiger partial charge in [0.15, 0.2) is 0 Å². The molecule has 0 aliphatic rings. The van der Waals surface area contributed by atoms with Gasteiger partial charge in [0.2, 0.25) is 0 Å². The summed E-state index contributed by atoms with van der Waals surface area (Å²) in [5.41, 5.74) is 0.104. The van der Waals surface area contributed by atoms with Gasteiger partial charge in [-0.25, -0.2) is 9.78 Å². The van der Waals surface area contributed by atoms with Gasteiger partial charge in [-0.3, -0.25) is 0 Å². The number of carboxylic acids is 1. The topological polar surface area (TPSA) is 71.5 Å². The number of carbonyl (C=O) groups is 1. The van der Waals surface area contributed by atoms with Crippen LogP contribution in [-0.4, -0.2) is 35.8 Å². The van der Waals surface area contributed by atoms with Gasteiger partial charge >= 0.3 is 5.97 Å². The van der Waals surface area contributed by atoms with Crippen molar-refractivity contribution in [3.05, 3.63) is 22.8 Å². The average molecular weight is 245 g/mol. The highest BCUT2D eigenvalue weighted by molar-refractivity contribution is 6.29. The smallest absolute Gasteiger partial charge is 0.335 e. The number of carboxylic acid groups (broad SMARTS) is 1. The largest absolute Gasteiger partial charge is 0.478 e. The third kappa shape index (κ3) is 3.67. The first kappa shape index (κ1) is 12.7. The number of halogens is 1. The highest BCUT2D eigenvalue weighted by Crippen LogP contribution is 2.14. The van der Waals surface area contributed by atoms with E-state index >= 15 is 0 Å². The molecule has 1 unspecified atom stereocenters. The lowest BCUT2D eigenvalue weighted by Gasteiger charge is -2.11. The van der Waals surface area contributed by atoms with Crippen molar-refractivity contribution in [2.45, 2.75) is 13.0 Å². The van der Waals surface area contributed by atoms with Crippen molar-refractivity contribution in [2.24, 2.45) is 0 Å². The van der Waals surface area contributed by atoms with Crippen molar-refractivity contribution >= 4 is 23.4 Å². The van der Waals surface area contributed by atoms with Crippen LogP contribution in [0.2, 0.25) is 5.15 Å². The lowest BCUT2D eigenvalue weighted by molar-refractivity contribution is 0.0697. The van der Waals surface area contributed by atoms with Crippen LogP contribution >= 0.6 is 11.6 Å². The van der Waals surface area contributed by atoms with Crippen molar-refractivity contribution in [2.75, 3.05) is 19.0 Å². The molecule has 0 aliphatic carbocycles. The van der Waals surface area contributed by atoms with Crippen LogP contribution in [0.4, 0.5) is 5.82 Å². The molecule has 0 saturated carbocycles. The summed E-state index contributed by atoms with van der Waals surface area (Å²) in [6, 6.07) is 2.73. The third-order valence-electron chi connectivity index (χ3n) is 2.01. The molecule has 0 fully saturated rings. The minimum Gasteiger partial charge on any atom is -0.478 e. The van der Waals surface area contributed by atoms with Gasteiger partial charge in [-0.15, -0.1) is 0 Å². The van der Waals surface area contributed by atoms with Gasteiger partial charge in [-0.1, -0.05) is 11.6 Å². The molecule has 88 valence electrons. The molecule has 0 amide bonds. The monoisotopic (exact) mass is 244 g/mol. The number of nitrogens with one attached hydrogen (secondary N) is 1. The maximum absolute atomic E-state index is 10.8. The summed E-state index contributed by atoms with van der Waals surface area (Å²) in [6.45, 7) is 2.42. The number of hydrogen-bond acceptors (Lipinski definition) is 4. The summed E-state index contributed by atoms with van der Waals surface area (Å²) in [4.78, 5) is 14.7. The van der Waals surface area contributed by atoms with Gasteiger partial charge < -0.3 is 15.2 Å². The first-order chi connectivity index (χ1) is 7.52. The summed E-state index contributed by atoms with van der Waals surface area (Å²) < 4.78 is 5.04. The summed E-state index contributed by atoms with van der Waals surface area (Å²) in [5.74, 6) is -0.610. The Kier molecular flexibility index (Phi) is 4.52. The van der Waals surface area contributed by atoms with Gasteiger partial charge in [0, 0.05) is 13.7 Å². The number of aromatic carboxylic acids is 1. The van der Waals surface area contributed by atoms with Crippen molar-refractivity contribution in [3.63, 3.8) is 0 Å². The molecule has 0 saturated heterocycles. The van der Waals surface area contributed by atoms with Gasteiger partial charge in [0.1, 0.15) is 11.0 Å². The van der Waals surface area contributed by atoms with Gasteiger partial charge in [-0.2, -0.15) is 0 Å². The van der Waals surface area contributed by atoms with E-state index in [1.54, 1.807) is 7.11 Å². The maximum atomic E-state index is 10.8. The number of hydrogen-bond donors (Lipinski definition) is 2. The number of nitrogens with zero attached hydrogens (tertiary/aromatic N) is 1. The van der Waals surface area contributed by atoms with Crippen molar-refractivity contribution in [3.8, 4) is 0 Å². The zero-order valence-corrected chi connectivity index (χ0v) is 9.78. The Morgan fingerprint density at radius 1 is 1.69 bits per heavy atom. The zero-order chi connectivity index (χ0) is 12.1. The van der Waals surface area contributed by atoms with E-state index in [-0.39, 0.29) is 16.8 Å². The predicted octanol–water partition coefficient (Wildman–Crippen LogP) is 1.88. The second-order valence-corrected chi connectivity index (χ2v) is 3.68. The molecule has 1 aromatic heterocycles. The molecule has 0 aliphatic heterocycles. The Hall–Kier alpha value is -1.33.